The number of aryl methyl sites for hydroxylation is 1. The molecule has 1 aromatic carbocycles. The summed E-state index contributed by atoms with van der Waals surface area (Å²) in [7, 11) is 3.66. The minimum atomic E-state index is -1.72. The maximum atomic E-state index is 14.4. The first-order chi connectivity index (χ1) is 28.3. The Hall–Kier alpha value is -4.51. The molecule has 0 saturated carbocycles. The van der Waals surface area contributed by atoms with Gasteiger partial charge in [0.2, 0.25) is 0 Å². The van der Waals surface area contributed by atoms with Crippen LogP contribution in [0.4, 0.5) is 9.59 Å². The van der Waals surface area contributed by atoms with Crippen LogP contribution in [0.25, 0.3) is 11.4 Å². The second-order valence-electron chi connectivity index (χ2n) is 17.4. The van der Waals surface area contributed by atoms with E-state index >= 15 is 0 Å². The Morgan fingerprint density at radius 3 is 2.30 bits per heavy atom. The summed E-state index contributed by atoms with van der Waals surface area (Å²) in [5.74, 6) is -5.28. The highest BCUT2D eigenvalue weighted by atomic mass is 16.7. The zero-order chi connectivity index (χ0) is 44.1. The molecule has 330 valence electrons. The lowest BCUT2D eigenvalue weighted by Gasteiger charge is -2.47. The quantitative estimate of drug-likeness (QED) is 0.129. The number of aliphatic hydroxyl groups excluding tert-OH is 1. The van der Waals surface area contributed by atoms with E-state index in [-0.39, 0.29) is 37.3 Å². The Bertz CT molecular complexity index is 1830. The van der Waals surface area contributed by atoms with Gasteiger partial charge in [-0.15, -0.1) is 0 Å². The minimum absolute atomic E-state index is 0.132. The Morgan fingerprint density at radius 2 is 1.67 bits per heavy atom. The number of likely N-dealkylation sites (N-methyl/N-ethyl adjacent to an activating group) is 1. The van der Waals surface area contributed by atoms with Gasteiger partial charge in [0.15, 0.2) is 23.5 Å². The van der Waals surface area contributed by atoms with Gasteiger partial charge in [-0.25, -0.2) is 19.6 Å². The molecular formula is C44H63N5O11. The van der Waals surface area contributed by atoms with Crippen LogP contribution in [-0.2, 0) is 44.5 Å². The van der Waals surface area contributed by atoms with Crippen molar-refractivity contribution in [3.05, 3.63) is 48.3 Å². The average Bonchev–Trinajstić information content (AvgIpc) is 3.53. The first kappa shape index (κ1) is 46.6. The second kappa shape index (κ2) is 19.5. The van der Waals surface area contributed by atoms with Gasteiger partial charge in [-0.05, 0) is 85.5 Å². The summed E-state index contributed by atoms with van der Waals surface area (Å²) in [4.78, 5) is 79.8. The zero-order valence-corrected chi connectivity index (χ0v) is 36.5. The number of amides is 2. The van der Waals surface area contributed by atoms with Crippen LogP contribution >= 0.6 is 0 Å². The van der Waals surface area contributed by atoms with Crippen LogP contribution in [0.1, 0.15) is 86.6 Å². The fourth-order valence-corrected chi connectivity index (χ4v) is 9.08. The Morgan fingerprint density at radius 1 is 1.00 bits per heavy atom. The van der Waals surface area contributed by atoms with Gasteiger partial charge in [0.05, 0.1) is 12.1 Å². The number of carbonyl (C=O) groups is 5. The number of hydrogen-bond acceptors (Lipinski definition) is 14. The highest BCUT2D eigenvalue weighted by Crippen LogP contribution is 2.40. The first-order valence-electron chi connectivity index (χ1n) is 21.1. The van der Waals surface area contributed by atoms with E-state index in [1.54, 1.807) is 60.0 Å². The van der Waals surface area contributed by atoms with Crippen molar-refractivity contribution in [2.24, 2.45) is 23.7 Å². The summed E-state index contributed by atoms with van der Waals surface area (Å²) in [5.41, 5.74) is -1.24. The standard InChI is InChI=1S/C44H63N5O11/c1-11-32-44(8)36(48-42(55)60-44)26(4)33(50)24(2)23-43(7,59-41(54)47-19-12-14-29-15-17-30(18-16-29)38-45-20-13-21-46-38)37(27(5)34(51)28(6)39(53)57-32)58-40-35(52)31(49(9)10)22-25(3)56-40/h13,15-18,20-21,24-28,31-32,35-37,40,52H,11-12,14,19,22-23H2,1-10H3,(H,47,54)(H,48,55)/t24-,25-,26+,27+,28-,31+,32-,35-,36+,37-,40+,43-,44-/m1/s1. The summed E-state index contributed by atoms with van der Waals surface area (Å²) < 4.78 is 30.7. The van der Waals surface area contributed by atoms with Crippen molar-refractivity contribution >= 4 is 29.7 Å². The zero-order valence-electron chi connectivity index (χ0n) is 36.5. The van der Waals surface area contributed by atoms with E-state index < -0.39 is 89.5 Å². The van der Waals surface area contributed by atoms with Gasteiger partial charge in [0, 0.05) is 48.3 Å². The number of hydrogen-bond donors (Lipinski definition) is 3. The van der Waals surface area contributed by atoms with Crippen molar-refractivity contribution < 1.29 is 52.8 Å². The molecule has 3 aliphatic rings. The van der Waals surface area contributed by atoms with E-state index in [4.69, 9.17) is 23.7 Å². The van der Waals surface area contributed by atoms with Crippen molar-refractivity contribution in [3.8, 4) is 11.4 Å². The maximum Gasteiger partial charge on any atom is 0.408 e. The van der Waals surface area contributed by atoms with E-state index in [2.05, 4.69) is 20.6 Å². The molecule has 4 heterocycles. The van der Waals surface area contributed by atoms with Crippen molar-refractivity contribution in [2.45, 2.75) is 141 Å². The summed E-state index contributed by atoms with van der Waals surface area (Å²) in [6.07, 6.45) is -1.53. The fourth-order valence-electron chi connectivity index (χ4n) is 9.08. The molecule has 5 rings (SSSR count). The van der Waals surface area contributed by atoms with Gasteiger partial charge < -0.3 is 44.3 Å². The van der Waals surface area contributed by atoms with E-state index in [1.165, 1.54) is 6.92 Å². The van der Waals surface area contributed by atoms with Gasteiger partial charge in [-0.1, -0.05) is 52.0 Å². The van der Waals surface area contributed by atoms with Gasteiger partial charge >= 0.3 is 18.2 Å². The van der Waals surface area contributed by atoms with E-state index in [9.17, 15) is 29.1 Å². The van der Waals surface area contributed by atoms with E-state index in [1.807, 2.05) is 50.2 Å². The third-order valence-electron chi connectivity index (χ3n) is 12.5. The summed E-state index contributed by atoms with van der Waals surface area (Å²) in [6.45, 7) is 13.4. The number of alkyl carbamates (subject to hydrolysis) is 2. The molecule has 16 nitrogen and oxygen atoms in total. The van der Waals surface area contributed by atoms with Crippen molar-refractivity contribution in [2.75, 3.05) is 20.6 Å². The van der Waals surface area contributed by atoms with Gasteiger partial charge in [0.1, 0.15) is 35.6 Å². The highest BCUT2D eigenvalue weighted by molar-refractivity contribution is 6.00. The molecule has 2 amide bonds. The molecule has 13 atom stereocenters. The molecule has 3 N–H and O–H groups in total. The van der Waals surface area contributed by atoms with Crippen LogP contribution in [0.5, 0.6) is 0 Å². The summed E-state index contributed by atoms with van der Waals surface area (Å²) in [6, 6.07) is 8.33. The lowest BCUT2D eigenvalue weighted by Crippen LogP contribution is -2.60. The molecule has 60 heavy (non-hydrogen) atoms. The molecule has 0 aliphatic carbocycles. The monoisotopic (exact) mass is 837 g/mol. The first-order valence-corrected chi connectivity index (χ1v) is 21.1. The molecule has 3 saturated heterocycles. The van der Waals surface area contributed by atoms with Crippen molar-refractivity contribution in [3.63, 3.8) is 0 Å². The van der Waals surface area contributed by atoms with Gasteiger partial charge in [-0.2, -0.15) is 0 Å². The van der Waals surface area contributed by atoms with Gasteiger partial charge in [0.25, 0.3) is 0 Å². The van der Waals surface area contributed by atoms with E-state index in [0.717, 1.165) is 11.1 Å². The molecule has 0 radical (unpaired) electrons. The van der Waals surface area contributed by atoms with Crippen LogP contribution in [0, 0.1) is 23.7 Å². The Labute approximate surface area is 352 Å². The number of esters is 1. The molecule has 0 bridgehead atoms. The SMILES string of the molecule is CC[C@H]1OC(=O)[C@H](C)C(=O)[C@H](C)[C@@H](O[C@@H]2O[C@H](C)C[C@H](N(C)C)[C@H]2O)[C@](C)(OC(=O)NCCCc2ccc(-c3ncccn3)cc2)C[C@@H](C)C(=O)[C@H](C)[C@@H]2NC(=O)O[C@]12C. The second-order valence-corrected chi connectivity index (χ2v) is 17.4. The number of aromatic nitrogens is 2. The predicted octanol–water partition coefficient (Wildman–Crippen LogP) is 4.65. The third-order valence-corrected chi connectivity index (χ3v) is 12.5. The number of fused-ring (bicyclic) bond motifs is 1. The number of rotatable bonds is 10. The summed E-state index contributed by atoms with van der Waals surface area (Å²) in [5, 5.41) is 17.2. The number of ketones is 2. The molecule has 0 spiro atoms. The van der Waals surface area contributed by atoms with Crippen LogP contribution < -0.4 is 10.6 Å². The minimum Gasteiger partial charge on any atom is -0.458 e. The van der Waals surface area contributed by atoms with Crippen LogP contribution in [-0.4, -0.2) is 124 Å². The van der Waals surface area contributed by atoms with E-state index in [0.29, 0.717) is 25.1 Å². The number of aliphatic hydroxyl groups is 1. The number of cyclic esters (lactones) is 1. The maximum absolute atomic E-state index is 14.4. The van der Waals surface area contributed by atoms with Crippen molar-refractivity contribution in [1.82, 2.24) is 25.5 Å². The topological polar surface area (TPSA) is 205 Å². The number of ether oxygens (including phenoxy) is 5. The smallest absolute Gasteiger partial charge is 0.408 e. The third kappa shape index (κ3) is 10.3. The molecule has 3 aliphatic heterocycles. The van der Waals surface area contributed by atoms with Crippen molar-refractivity contribution in [1.29, 1.82) is 0 Å². The highest BCUT2D eigenvalue weighted by Gasteiger charge is 2.57. The number of nitrogens with one attached hydrogen (secondary N) is 2. The number of carbonyl (C=O) groups excluding carboxylic acids is 5. The number of benzene rings is 1. The Kier molecular flexibility index (Phi) is 15.1. The molecule has 16 heteroatoms. The molecule has 3 fully saturated rings. The fraction of sp³-hybridized carbons (Fsp3) is 0.659. The normalized spacial score (nSPS) is 35.4. The largest absolute Gasteiger partial charge is 0.458 e. The molecular weight excluding hydrogens is 775 g/mol. The molecule has 0 unspecified atom stereocenters. The van der Waals surface area contributed by atoms with Gasteiger partial charge in [-0.3, -0.25) is 14.4 Å². The van der Waals surface area contributed by atoms with Crippen LogP contribution in [0.2, 0.25) is 0 Å². The number of Topliss-reactive ketones (excluding diaryl/α,β-unsaturated/α-hetero) is 2. The predicted molar refractivity (Wildman–Crippen MR) is 219 cm³/mol. The molecule has 1 aromatic heterocycles. The van der Waals surface area contributed by atoms with Crippen LogP contribution in [0.15, 0.2) is 42.7 Å². The Balaban J connectivity index is 1.45. The summed E-state index contributed by atoms with van der Waals surface area (Å²) >= 11 is 0. The lowest BCUT2D eigenvalue weighted by molar-refractivity contribution is -0.292. The van der Waals surface area contributed by atoms with Crippen LogP contribution in [0.3, 0.4) is 0 Å². The average molecular weight is 838 g/mol. The lowest BCUT2D eigenvalue weighted by atomic mass is 9.73. The number of nitrogens with zero attached hydrogens (tertiary/aromatic N) is 3. The molecule has 2 aromatic rings.